The average molecular weight is 285 g/mol. The number of amides is 1. The van der Waals surface area contributed by atoms with Crippen LogP contribution in [0.4, 0.5) is 0 Å². The molecule has 2 aromatic rings. The standard InChI is InChI=1S/C16H15NO4/c18-14-9-13(16(19)20)15(11-5-2-1-3-6-11)17(14)10-12-7-4-8-21-12/h1-8,13,15H,9-10H2,(H,19,20)/t13-,15+/m0/s1. The van der Waals surface area contributed by atoms with E-state index >= 15 is 0 Å². The average Bonchev–Trinajstić information content (AvgIpc) is 3.09. The van der Waals surface area contributed by atoms with Crippen LogP contribution in [0.2, 0.25) is 0 Å². The third kappa shape index (κ3) is 2.54. The van der Waals surface area contributed by atoms with E-state index in [0.717, 1.165) is 5.56 Å². The summed E-state index contributed by atoms with van der Waals surface area (Å²) in [6.07, 6.45) is 1.57. The van der Waals surface area contributed by atoms with Gasteiger partial charge < -0.3 is 14.4 Å². The van der Waals surface area contributed by atoms with Gasteiger partial charge in [0.2, 0.25) is 5.91 Å². The number of carbonyl (C=O) groups is 2. The van der Waals surface area contributed by atoms with Crippen LogP contribution >= 0.6 is 0 Å². The molecule has 1 fully saturated rings. The number of hydrogen-bond donors (Lipinski definition) is 1. The van der Waals surface area contributed by atoms with Crippen LogP contribution in [-0.2, 0) is 16.1 Å². The highest BCUT2D eigenvalue weighted by molar-refractivity contribution is 5.87. The highest BCUT2D eigenvalue weighted by Crippen LogP contribution is 2.39. The number of carbonyl (C=O) groups excluding carboxylic acids is 1. The lowest BCUT2D eigenvalue weighted by atomic mass is 9.94. The lowest BCUT2D eigenvalue weighted by Crippen LogP contribution is -2.30. The zero-order chi connectivity index (χ0) is 14.8. The van der Waals surface area contributed by atoms with Crippen LogP contribution in [0.25, 0.3) is 0 Å². The Morgan fingerprint density at radius 3 is 2.62 bits per heavy atom. The van der Waals surface area contributed by atoms with Gasteiger partial charge in [-0.3, -0.25) is 9.59 Å². The number of rotatable bonds is 4. The van der Waals surface area contributed by atoms with E-state index in [1.54, 1.807) is 23.3 Å². The van der Waals surface area contributed by atoms with Crippen molar-refractivity contribution >= 4 is 11.9 Å². The first-order valence-corrected chi connectivity index (χ1v) is 6.76. The van der Waals surface area contributed by atoms with Gasteiger partial charge in [-0.15, -0.1) is 0 Å². The Morgan fingerprint density at radius 2 is 2.00 bits per heavy atom. The van der Waals surface area contributed by atoms with E-state index in [0.29, 0.717) is 5.76 Å². The molecule has 1 aromatic carbocycles. The van der Waals surface area contributed by atoms with Gasteiger partial charge in [-0.05, 0) is 17.7 Å². The van der Waals surface area contributed by atoms with Crippen molar-refractivity contribution < 1.29 is 19.1 Å². The Kier molecular flexibility index (Phi) is 3.48. The molecule has 2 heterocycles. The first-order chi connectivity index (χ1) is 10.2. The third-order valence-corrected chi connectivity index (χ3v) is 3.80. The molecule has 1 amide bonds. The molecule has 0 bridgehead atoms. The molecular weight excluding hydrogens is 270 g/mol. The number of hydrogen-bond acceptors (Lipinski definition) is 3. The quantitative estimate of drug-likeness (QED) is 0.936. The fourth-order valence-electron chi connectivity index (χ4n) is 2.83. The molecule has 3 rings (SSSR count). The zero-order valence-corrected chi connectivity index (χ0v) is 11.3. The van der Waals surface area contributed by atoms with Crippen LogP contribution in [-0.4, -0.2) is 21.9 Å². The van der Waals surface area contributed by atoms with Gasteiger partial charge >= 0.3 is 5.97 Å². The molecule has 0 saturated carbocycles. The van der Waals surface area contributed by atoms with Crippen molar-refractivity contribution in [1.82, 2.24) is 4.90 Å². The summed E-state index contributed by atoms with van der Waals surface area (Å²) in [7, 11) is 0. The molecule has 1 saturated heterocycles. The summed E-state index contributed by atoms with van der Waals surface area (Å²) in [6, 6.07) is 12.4. The number of nitrogens with zero attached hydrogens (tertiary/aromatic N) is 1. The maximum absolute atomic E-state index is 12.2. The molecular formula is C16H15NO4. The number of furan rings is 1. The number of likely N-dealkylation sites (tertiary alicyclic amines) is 1. The van der Waals surface area contributed by atoms with E-state index < -0.39 is 17.9 Å². The van der Waals surface area contributed by atoms with E-state index in [-0.39, 0.29) is 18.9 Å². The largest absolute Gasteiger partial charge is 0.481 e. The summed E-state index contributed by atoms with van der Waals surface area (Å²) >= 11 is 0. The Hall–Kier alpha value is -2.56. The number of aliphatic carboxylic acids is 1. The van der Waals surface area contributed by atoms with Crippen molar-refractivity contribution in [2.24, 2.45) is 5.92 Å². The van der Waals surface area contributed by atoms with E-state index in [1.165, 1.54) is 0 Å². The summed E-state index contributed by atoms with van der Waals surface area (Å²) in [5.74, 6) is -1.18. The van der Waals surface area contributed by atoms with Crippen molar-refractivity contribution in [3.63, 3.8) is 0 Å². The van der Waals surface area contributed by atoms with Gasteiger partial charge in [0.05, 0.1) is 24.8 Å². The molecule has 0 aliphatic carbocycles. The van der Waals surface area contributed by atoms with Gasteiger partial charge in [0.1, 0.15) is 5.76 Å². The fraction of sp³-hybridized carbons (Fsp3) is 0.250. The number of carboxylic acids is 1. The second-order valence-electron chi connectivity index (χ2n) is 5.11. The van der Waals surface area contributed by atoms with Gasteiger partial charge in [-0.25, -0.2) is 0 Å². The molecule has 21 heavy (non-hydrogen) atoms. The molecule has 0 radical (unpaired) electrons. The first kappa shape index (κ1) is 13.4. The summed E-state index contributed by atoms with van der Waals surface area (Å²) in [6.45, 7) is 0.287. The zero-order valence-electron chi connectivity index (χ0n) is 11.3. The Morgan fingerprint density at radius 1 is 1.24 bits per heavy atom. The Balaban J connectivity index is 1.95. The maximum Gasteiger partial charge on any atom is 0.309 e. The highest BCUT2D eigenvalue weighted by Gasteiger charge is 2.44. The van der Waals surface area contributed by atoms with E-state index in [1.807, 2.05) is 30.3 Å². The van der Waals surface area contributed by atoms with Gasteiger partial charge in [0.15, 0.2) is 0 Å². The molecule has 1 aliphatic rings. The molecule has 1 aliphatic heterocycles. The highest BCUT2D eigenvalue weighted by atomic mass is 16.4. The van der Waals surface area contributed by atoms with Gasteiger partial charge in [0.25, 0.3) is 0 Å². The van der Waals surface area contributed by atoms with Crippen molar-refractivity contribution in [2.75, 3.05) is 0 Å². The summed E-state index contributed by atoms with van der Waals surface area (Å²) in [4.78, 5) is 25.3. The van der Waals surface area contributed by atoms with Crippen LogP contribution in [0.1, 0.15) is 23.8 Å². The predicted octanol–water partition coefficient (Wildman–Crippen LogP) is 2.45. The second kappa shape index (κ2) is 5.44. The van der Waals surface area contributed by atoms with Crippen LogP contribution < -0.4 is 0 Å². The van der Waals surface area contributed by atoms with Gasteiger partial charge in [-0.2, -0.15) is 0 Å². The van der Waals surface area contributed by atoms with Crippen molar-refractivity contribution in [3.8, 4) is 0 Å². The third-order valence-electron chi connectivity index (χ3n) is 3.80. The SMILES string of the molecule is O=C(O)[C@H]1CC(=O)N(Cc2ccco2)[C@@H]1c1ccccc1. The topological polar surface area (TPSA) is 70.8 Å². The van der Waals surface area contributed by atoms with E-state index in [2.05, 4.69) is 0 Å². The molecule has 1 aromatic heterocycles. The number of carboxylic acid groups (broad SMARTS) is 1. The minimum Gasteiger partial charge on any atom is -0.481 e. The van der Waals surface area contributed by atoms with Crippen LogP contribution in [0, 0.1) is 5.92 Å². The summed E-state index contributed by atoms with van der Waals surface area (Å²) < 4.78 is 5.28. The fourth-order valence-corrected chi connectivity index (χ4v) is 2.83. The molecule has 5 heteroatoms. The molecule has 2 atom stereocenters. The van der Waals surface area contributed by atoms with Gasteiger partial charge in [0, 0.05) is 6.42 Å². The van der Waals surface area contributed by atoms with Crippen LogP contribution in [0.5, 0.6) is 0 Å². The molecule has 108 valence electrons. The Labute approximate surface area is 121 Å². The van der Waals surface area contributed by atoms with E-state index in [4.69, 9.17) is 4.42 Å². The maximum atomic E-state index is 12.2. The first-order valence-electron chi connectivity index (χ1n) is 6.76. The van der Waals surface area contributed by atoms with Gasteiger partial charge in [-0.1, -0.05) is 30.3 Å². The monoisotopic (exact) mass is 285 g/mol. The molecule has 5 nitrogen and oxygen atoms in total. The minimum atomic E-state index is -0.945. The Bertz CT molecular complexity index is 636. The van der Waals surface area contributed by atoms with Crippen molar-refractivity contribution in [2.45, 2.75) is 19.0 Å². The minimum absolute atomic E-state index is 0.0234. The van der Waals surface area contributed by atoms with Crippen molar-refractivity contribution in [1.29, 1.82) is 0 Å². The summed E-state index contributed by atoms with van der Waals surface area (Å²) in [5.41, 5.74) is 0.835. The lowest BCUT2D eigenvalue weighted by Gasteiger charge is -2.26. The smallest absolute Gasteiger partial charge is 0.309 e. The lowest BCUT2D eigenvalue weighted by molar-refractivity contribution is -0.142. The number of benzene rings is 1. The van der Waals surface area contributed by atoms with Crippen molar-refractivity contribution in [3.05, 3.63) is 60.1 Å². The molecule has 0 unspecified atom stereocenters. The summed E-state index contributed by atoms with van der Waals surface area (Å²) in [5, 5.41) is 9.40. The van der Waals surface area contributed by atoms with Crippen LogP contribution in [0.3, 0.4) is 0 Å². The van der Waals surface area contributed by atoms with E-state index in [9.17, 15) is 14.7 Å². The second-order valence-corrected chi connectivity index (χ2v) is 5.11. The normalized spacial score (nSPS) is 21.7. The van der Waals surface area contributed by atoms with Crippen LogP contribution in [0.15, 0.2) is 53.1 Å². The molecule has 0 spiro atoms. The predicted molar refractivity (Wildman–Crippen MR) is 74.2 cm³/mol. The molecule has 1 N–H and O–H groups in total.